The molecule has 4 atom stereocenters. The molecule has 2 bridgehead atoms. The van der Waals surface area contributed by atoms with Crippen molar-refractivity contribution in [3.05, 3.63) is 27.7 Å². The Morgan fingerprint density at radius 3 is 2.23 bits per heavy atom. The number of anilines is 1. The van der Waals surface area contributed by atoms with Gasteiger partial charge in [-0.15, -0.1) is 11.3 Å². The molecule has 6 heteroatoms. The molecule has 1 aromatic heterocycles. The van der Waals surface area contributed by atoms with E-state index >= 15 is 0 Å². The van der Waals surface area contributed by atoms with E-state index in [0.29, 0.717) is 10.6 Å². The molecule has 138 valence electrons. The van der Waals surface area contributed by atoms with Crippen LogP contribution in [0.15, 0.2) is 17.2 Å². The third kappa shape index (κ3) is 2.24. The molecule has 3 aliphatic rings. The molecule has 3 fully saturated rings. The van der Waals surface area contributed by atoms with E-state index in [-0.39, 0.29) is 35.5 Å². The minimum absolute atomic E-state index is 0.140. The smallest absolute Gasteiger partial charge is 0.251 e. The van der Waals surface area contributed by atoms with Crippen LogP contribution in [0.1, 0.15) is 55.3 Å². The number of aryl methyl sites for hydroxylation is 1. The number of allylic oxidation sites excluding steroid dienone is 2. The van der Waals surface area contributed by atoms with Gasteiger partial charge in [-0.05, 0) is 51.0 Å². The number of primary amides is 1. The van der Waals surface area contributed by atoms with E-state index in [1.807, 2.05) is 0 Å². The van der Waals surface area contributed by atoms with Gasteiger partial charge in [0.15, 0.2) is 0 Å². The Labute approximate surface area is 157 Å². The normalized spacial score (nSPS) is 29.7. The van der Waals surface area contributed by atoms with E-state index in [0.717, 1.165) is 30.6 Å². The Kier molecular flexibility index (Phi) is 4.06. The van der Waals surface area contributed by atoms with Gasteiger partial charge in [0.2, 0.25) is 11.8 Å². The average Bonchev–Trinajstić information content (AvgIpc) is 3.29. The van der Waals surface area contributed by atoms with Crippen molar-refractivity contribution < 1.29 is 14.4 Å². The molecule has 2 heterocycles. The third-order valence-corrected chi connectivity index (χ3v) is 7.34. The fraction of sp³-hybridized carbons (Fsp3) is 0.550. The van der Waals surface area contributed by atoms with Crippen LogP contribution in [-0.2, 0) is 16.0 Å². The van der Waals surface area contributed by atoms with Gasteiger partial charge in [-0.2, -0.15) is 0 Å². The number of amides is 3. The number of thiophene rings is 1. The molecule has 2 saturated carbocycles. The van der Waals surface area contributed by atoms with Gasteiger partial charge in [0.25, 0.3) is 5.91 Å². The first-order valence-corrected chi connectivity index (χ1v) is 10.2. The summed E-state index contributed by atoms with van der Waals surface area (Å²) in [7, 11) is 0. The maximum Gasteiger partial charge on any atom is 0.251 e. The van der Waals surface area contributed by atoms with Crippen LogP contribution in [0.2, 0.25) is 0 Å². The minimum atomic E-state index is -0.579. The van der Waals surface area contributed by atoms with Crippen molar-refractivity contribution in [2.45, 2.75) is 46.5 Å². The molecular weight excluding hydrogens is 348 g/mol. The summed E-state index contributed by atoms with van der Waals surface area (Å²) < 4.78 is 0. The summed E-state index contributed by atoms with van der Waals surface area (Å²) >= 11 is 1.36. The Bertz CT molecular complexity index is 817. The first-order chi connectivity index (χ1) is 12.4. The lowest BCUT2D eigenvalue weighted by atomic mass is 9.81. The number of carbonyl (C=O) groups excluding carboxylic acids is 3. The van der Waals surface area contributed by atoms with E-state index in [9.17, 15) is 14.4 Å². The van der Waals surface area contributed by atoms with Crippen LogP contribution >= 0.6 is 11.3 Å². The zero-order chi connectivity index (χ0) is 18.7. The van der Waals surface area contributed by atoms with E-state index in [4.69, 9.17) is 5.73 Å². The molecule has 0 spiro atoms. The van der Waals surface area contributed by atoms with Gasteiger partial charge < -0.3 is 5.73 Å². The Morgan fingerprint density at radius 2 is 1.77 bits per heavy atom. The molecule has 0 radical (unpaired) electrons. The van der Waals surface area contributed by atoms with Gasteiger partial charge >= 0.3 is 0 Å². The van der Waals surface area contributed by atoms with Crippen molar-refractivity contribution >= 4 is 34.1 Å². The number of carbonyl (C=O) groups is 3. The first kappa shape index (κ1) is 17.5. The highest BCUT2D eigenvalue weighted by Gasteiger charge is 2.64. The fourth-order valence-electron chi connectivity index (χ4n) is 5.34. The molecular formula is C20H24N2O3S. The van der Waals surface area contributed by atoms with Crippen LogP contribution in [-0.4, -0.2) is 17.7 Å². The minimum Gasteiger partial charge on any atom is -0.366 e. The summed E-state index contributed by atoms with van der Waals surface area (Å²) in [6.07, 6.45) is 3.70. The molecule has 0 aromatic carbocycles. The van der Waals surface area contributed by atoms with Crippen LogP contribution in [0.3, 0.4) is 0 Å². The molecule has 3 amide bonds. The molecule has 0 unspecified atom stereocenters. The van der Waals surface area contributed by atoms with Crippen molar-refractivity contribution in [2.24, 2.45) is 29.4 Å². The zero-order valence-electron chi connectivity index (χ0n) is 15.4. The van der Waals surface area contributed by atoms with Crippen molar-refractivity contribution in [2.75, 3.05) is 4.90 Å². The number of nitrogens with two attached hydrogens (primary N) is 1. The highest BCUT2D eigenvalue weighted by molar-refractivity contribution is 7.17. The van der Waals surface area contributed by atoms with Gasteiger partial charge in [0.05, 0.1) is 17.4 Å². The topological polar surface area (TPSA) is 80.5 Å². The van der Waals surface area contributed by atoms with E-state index in [1.54, 1.807) is 6.07 Å². The second-order valence-electron chi connectivity index (χ2n) is 7.85. The van der Waals surface area contributed by atoms with Crippen LogP contribution < -0.4 is 10.6 Å². The van der Waals surface area contributed by atoms with Crippen molar-refractivity contribution in [1.29, 1.82) is 0 Å². The quantitative estimate of drug-likeness (QED) is 0.650. The SMILES string of the molecule is CCCc1cc(C(N)=O)c(N2C(=O)[C@@H]3[C@H](C2=O)[C@H]2CC[C@H]3C2=C(C)C)s1. The highest BCUT2D eigenvalue weighted by Crippen LogP contribution is 2.60. The van der Waals surface area contributed by atoms with Crippen LogP contribution in [0, 0.1) is 23.7 Å². The summed E-state index contributed by atoms with van der Waals surface area (Å²) in [4.78, 5) is 40.7. The number of hydrogen-bond donors (Lipinski definition) is 1. The standard InChI is InChI=1S/C20H24N2O3S/c1-4-5-10-8-13(17(21)23)20(26-10)22-18(24)15-11-6-7-12(14(11)9(2)3)16(15)19(22)25/h8,11-12,15-16H,4-7H2,1-3H3,(H2,21,23)/t11-,12-,15-,16+/m0/s1. The van der Waals surface area contributed by atoms with Gasteiger partial charge in [-0.1, -0.05) is 24.5 Å². The lowest BCUT2D eigenvalue weighted by Gasteiger charge is -2.18. The molecule has 1 aliphatic heterocycles. The van der Waals surface area contributed by atoms with Crippen molar-refractivity contribution in [3.8, 4) is 0 Å². The fourth-order valence-corrected chi connectivity index (χ4v) is 6.61. The van der Waals surface area contributed by atoms with Crippen molar-refractivity contribution in [1.82, 2.24) is 0 Å². The summed E-state index contributed by atoms with van der Waals surface area (Å²) in [5.74, 6) is -1.01. The number of imide groups is 1. The number of fused-ring (bicyclic) bond motifs is 5. The molecule has 1 saturated heterocycles. The Balaban J connectivity index is 1.76. The predicted octanol–water partition coefficient (Wildman–Crippen LogP) is 3.28. The van der Waals surface area contributed by atoms with Crippen LogP contribution in [0.5, 0.6) is 0 Å². The number of hydrogen-bond acceptors (Lipinski definition) is 4. The molecule has 1 aromatic rings. The monoisotopic (exact) mass is 372 g/mol. The third-order valence-electron chi connectivity index (χ3n) is 6.16. The van der Waals surface area contributed by atoms with E-state index in [2.05, 4.69) is 20.8 Å². The van der Waals surface area contributed by atoms with Gasteiger partial charge in [0, 0.05) is 4.88 Å². The van der Waals surface area contributed by atoms with Gasteiger partial charge in [0.1, 0.15) is 5.00 Å². The van der Waals surface area contributed by atoms with E-state index < -0.39 is 5.91 Å². The first-order valence-electron chi connectivity index (χ1n) is 9.34. The summed E-state index contributed by atoms with van der Waals surface area (Å²) in [5.41, 5.74) is 8.42. The second kappa shape index (κ2) is 6.05. The molecule has 5 nitrogen and oxygen atoms in total. The maximum atomic E-state index is 13.2. The molecule has 4 rings (SSSR count). The van der Waals surface area contributed by atoms with Crippen LogP contribution in [0.4, 0.5) is 5.00 Å². The summed E-state index contributed by atoms with van der Waals surface area (Å²) in [5, 5.41) is 0.434. The summed E-state index contributed by atoms with van der Waals surface area (Å²) in [6.45, 7) is 6.21. The molecule has 2 N–H and O–H groups in total. The van der Waals surface area contributed by atoms with Gasteiger partial charge in [-0.3, -0.25) is 14.4 Å². The predicted molar refractivity (Wildman–Crippen MR) is 101 cm³/mol. The highest BCUT2D eigenvalue weighted by atomic mass is 32.1. The lowest BCUT2D eigenvalue weighted by Crippen LogP contribution is -2.34. The lowest BCUT2D eigenvalue weighted by molar-refractivity contribution is -0.122. The average molecular weight is 372 g/mol. The largest absolute Gasteiger partial charge is 0.366 e. The second-order valence-corrected chi connectivity index (χ2v) is 8.97. The Morgan fingerprint density at radius 1 is 1.19 bits per heavy atom. The molecule has 26 heavy (non-hydrogen) atoms. The summed E-state index contributed by atoms with van der Waals surface area (Å²) in [6, 6.07) is 1.75. The number of nitrogens with zero attached hydrogens (tertiary/aromatic N) is 1. The van der Waals surface area contributed by atoms with Crippen molar-refractivity contribution in [3.63, 3.8) is 0 Å². The van der Waals surface area contributed by atoms with Gasteiger partial charge in [-0.25, -0.2) is 4.90 Å². The maximum absolute atomic E-state index is 13.2. The van der Waals surface area contributed by atoms with E-state index in [1.165, 1.54) is 27.4 Å². The zero-order valence-corrected chi connectivity index (χ0v) is 16.2. The van der Waals surface area contributed by atoms with Crippen LogP contribution in [0.25, 0.3) is 0 Å². The molecule has 2 aliphatic carbocycles. The number of rotatable bonds is 4. The Hall–Kier alpha value is -1.95.